The van der Waals surface area contributed by atoms with Crippen LogP contribution in [-0.4, -0.2) is 65.6 Å². The monoisotopic (exact) mass is 532 g/mol. The Morgan fingerprint density at radius 2 is 1.67 bits per heavy atom. The van der Waals surface area contributed by atoms with Gasteiger partial charge in [0, 0.05) is 53.6 Å². The molecule has 2 saturated heterocycles. The van der Waals surface area contributed by atoms with E-state index in [1.54, 1.807) is 24.3 Å². The van der Waals surface area contributed by atoms with Crippen LogP contribution in [-0.2, 0) is 4.79 Å². The van der Waals surface area contributed by atoms with Crippen LogP contribution in [0, 0.1) is 19.3 Å². The van der Waals surface area contributed by atoms with Gasteiger partial charge in [-0.15, -0.1) is 0 Å². The summed E-state index contributed by atoms with van der Waals surface area (Å²) in [5.41, 5.74) is 1.93. The Bertz CT molecular complexity index is 1080. The maximum Gasteiger partial charge on any atom is 0.253 e. The summed E-state index contributed by atoms with van der Waals surface area (Å²) < 4.78 is 6.30. The number of likely N-dealkylation sites (tertiary alicyclic amines) is 2. The van der Waals surface area contributed by atoms with Gasteiger partial charge in [-0.2, -0.15) is 0 Å². The average molecular weight is 533 g/mol. The zero-order valence-corrected chi connectivity index (χ0v) is 22.4. The predicted octanol–water partition coefficient (Wildman–Crippen LogP) is 5.29. The first-order valence-corrected chi connectivity index (χ1v) is 13.3. The summed E-state index contributed by atoms with van der Waals surface area (Å²) in [4.78, 5) is 30.4. The van der Waals surface area contributed by atoms with Gasteiger partial charge < -0.3 is 19.6 Å². The minimum absolute atomic E-state index is 0.0507. The number of rotatable bonds is 6. The summed E-state index contributed by atoms with van der Waals surface area (Å²) >= 11 is 12.3. The smallest absolute Gasteiger partial charge is 0.253 e. The van der Waals surface area contributed by atoms with Gasteiger partial charge in [0.25, 0.3) is 5.91 Å². The molecule has 8 heteroatoms. The fraction of sp³-hybridized carbons (Fsp3) is 0.500. The van der Waals surface area contributed by atoms with Gasteiger partial charge >= 0.3 is 0 Å². The van der Waals surface area contributed by atoms with Crippen LogP contribution < -0.4 is 4.74 Å². The molecule has 194 valence electrons. The van der Waals surface area contributed by atoms with Crippen LogP contribution in [0.4, 0.5) is 0 Å². The lowest BCUT2D eigenvalue weighted by Gasteiger charge is -2.43. The van der Waals surface area contributed by atoms with Gasteiger partial charge in [-0.3, -0.25) is 9.59 Å². The highest BCUT2D eigenvalue weighted by Gasteiger charge is 2.41. The van der Waals surface area contributed by atoms with E-state index in [1.807, 2.05) is 35.8 Å². The first-order chi connectivity index (χ1) is 17.2. The van der Waals surface area contributed by atoms with Gasteiger partial charge in [0.15, 0.2) is 0 Å². The van der Waals surface area contributed by atoms with Crippen molar-refractivity contribution in [1.29, 1.82) is 0 Å². The maximum atomic E-state index is 13.4. The van der Waals surface area contributed by atoms with Crippen LogP contribution in [0.1, 0.15) is 53.6 Å². The van der Waals surface area contributed by atoms with Gasteiger partial charge in [0.2, 0.25) is 5.91 Å². The van der Waals surface area contributed by atoms with Gasteiger partial charge in [-0.05, 0) is 87.1 Å². The molecule has 0 saturated carbocycles. The number of hydrogen-bond donors (Lipinski definition) is 1. The SMILES string of the molecule is Cc1cc(OC[C@@]2(CC(=O)N3CCC(O)CC3)CCCN(C(=O)c3ccc(Cl)cc3)C2)cc(C)c1Cl. The Morgan fingerprint density at radius 1 is 1.03 bits per heavy atom. The molecule has 1 N–H and O–H groups in total. The van der Waals surface area contributed by atoms with Crippen LogP contribution in [0.2, 0.25) is 10.0 Å². The number of aliphatic hydroxyl groups is 1. The molecule has 0 unspecified atom stereocenters. The van der Waals surface area contributed by atoms with Crippen LogP contribution in [0.25, 0.3) is 0 Å². The largest absolute Gasteiger partial charge is 0.493 e. The second kappa shape index (κ2) is 11.4. The highest BCUT2D eigenvalue weighted by Crippen LogP contribution is 2.37. The third kappa shape index (κ3) is 6.34. The van der Waals surface area contributed by atoms with Crippen molar-refractivity contribution in [2.24, 2.45) is 5.41 Å². The lowest BCUT2D eigenvalue weighted by molar-refractivity contribution is -0.137. The van der Waals surface area contributed by atoms with Crippen molar-refractivity contribution >= 4 is 35.0 Å². The van der Waals surface area contributed by atoms with E-state index < -0.39 is 5.41 Å². The molecule has 0 spiro atoms. The number of halogens is 2. The molecule has 2 aromatic rings. The van der Waals surface area contributed by atoms with E-state index in [0.717, 1.165) is 29.0 Å². The molecule has 6 nitrogen and oxygen atoms in total. The van der Waals surface area contributed by atoms with Crippen molar-refractivity contribution in [2.75, 3.05) is 32.8 Å². The second-order valence-corrected chi connectivity index (χ2v) is 11.1. The highest BCUT2D eigenvalue weighted by molar-refractivity contribution is 6.32. The first-order valence-electron chi connectivity index (χ1n) is 12.6. The lowest BCUT2D eigenvalue weighted by atomic mass is 9.77. The van der Waals surface area contributed by atoms with Crippen LogP contribution >= 0.6 is 23.2 Å². The molecule has 4 rings (SSSR count). The number of ether oxygens (including phenoxy) is 1. The van der Waals surface area contributed by atoms with Gasteiger partial charge in [-0.1, -0.05) is 23.2 Å². The Kier molecular flexibility index (Phi) is 8.48. The Hall–Kier alpha value is -2.28. The summed E-state index contributed by atoms with van der Waals surface area (Å²) in [6, 6.07) is 10.7. The molecule has 2 amide bonds. The minimum Gasteiger partial charge on any atom is -0.493 e. The molecule has 2 fully saturated rings. The number of piperidine rings is 2. The predicted molar refractivity (Wildman–Crippen MR) is 142 cm³/mol. The number of amides is 2. The minimum atomic E-state index is -0.519. The molecule has 2 aromatic carbocycles. The van der Waals surface area contributed by atoms with Crippen molar-refractivity contribution in [1.82, 2.24) is 9.80 Å². The number of carbonyl (C=O) groups excluding carboxylic acids is 2. The fourth-order valence-corrected chi connectivity index (χ4v) is 5.48. The third-order valence-electron chi connectivity index (χ3n) is 7.34. The maximum absolute atomic E-state index is 13.4. The van der Waals surface area contributed by atoms with E-state index in [4.69, 9.17) is 27.9 Å². The molecule has 2 heterocycles. The summed E-state index contributed by atoms with van der Waals surface area (Å²) in [6.45, 7) is 6.38. The van der Waals surface area contributed by atoms with E-state index in [9.17, 15) is 14.7 Å². The standard InChI is InChI=1S/C28H34Cl2N2O4/c1-19-14-24(15-20(2)26(19)30)36-18-28(16-25(34)31-12-8-23(33)9-13-31)10-3-11-32(17-28)27(35)21-4-6-22(29)7-5-21/h4-7,14-15,23,33H,3,8-13,16-18H2,1-2H3/t28-/m1/s1. The summed E-state index contributed by atoms with van der Waals surface area (Å²) in [6.07, 6.45) is 2.71. The van der Waals surface area contributed by atoms with Gasteiger partial charge in [0.05, 0.1) is 12.7 Å². The van der Waals surface area contributed by atoms with Gasteiger partial charge in [-0.25, -0.2) is 0 Å². The van der Waals surface area contributed by atoms with Crippen molar-refractivity contribution in [3.63, 3.8) is 0 Å². The number of benzene rings is 2. The second-order valence-electron chi connectivity index (χ2n) is 10.3. The van der Waals surface area contributed by atoms with E-state index in [2.05, 4.69) is 0 Å². The van der Waals surface area contributed by atoms with E-state index in [-0.39, 0.29) is 17.9 Å². The fourth-order valence-electron chi connectivity index (χ4n) is 5.24. The summed E-state index contributed by atoms with van der Waals surface area (Å²) in [5, 5.41) is 11.2. The highest BCUT2D eigenvalue weighted by atomic mass is 35.5. The Balaban J connectivity index is 1.55. The van der Waals surface area contributed by atoms with E-state index in [1.165, 1.54) is 0 Å². The molecule has 0 aliphatic carbocycles. The molecule has 0 radical (unpaired) electrons. The molecule has 2 aliphatic heterocycles. The zero-order valence-electron chi connectivity index (χ0n) is 20.9. The van der Waals surface area contributed by atoms with Crippen molar-refractivity contribution in [3.05, 3.63) is 63.1 Å². The van der Waals surface area contributed by atoms with Crippen molar-refractivity contribution in [2.45, 2.75) is 52.1 Å². The topological polar surface area (TPSA) is 70.1 Å². The molecular weight excluding hydrogens is 499 g/mol. The Labute approximate surface area is 223 Å². The van der Waals surface area contributed by atoms with Crippen molar-refractivity contribution in [3.8, 4) is 5.75 Å². The molecule has 36 heavy (non-hydrogen) atoms. The summed E-state index contributed by atoms with van der Waals surface area (Å²) in [7, 11) is 0. The van der Waals surface area contributed by atoms with Crippen LogP contribution in [0.5, 0.6) is 5.75 Å². The molecular formula is C28H34Cl2N2O4. The number of carbonyl (C=O) groups is 2. The number of aryl methyl sites for hydroxylation is 2. The first kappa shape index (κ1) is 26.8. The van der Waals surface area contributed by atoms with Crippen molar-refractivity contribution < 1.29 is 19.4 Å². The quantitative estimate of drug-likeness (QED) is 0.548. The van der Waals surface area contributed by atoms with Crippen LogP contribution in [0.15, 0.2) is 36.4 Å². The van der Waals surface area contributed by atoms with E-state index >= 15 is 0 Å². The lowest BCUT2D eigenvalue weighted by Crippen LogP contribution is -2.51. The van der Waals surface area contributed by atoms with Crippen LogP contribution in [0.3, 0.4) is 0 Å². The summed E-state index contributed by atoms with van der Waals surface area (Å²) in [5.74, 6) is 0.695. The zero-order chi connectivity index (χ0) is 25.9. The average Bonchev–Trinajstić information content (AvgIpc) is 2.86. The normalized spacial score (nSPS) is 20.9. The number of hydrogen-bond acceptors (Lipinski definition) is 4. The van der Waals surface area contributed by atoms with Gasteiger partial charge in [0.1, 0.15) is 5.75 Å². The molecule has 1 atom stereocenters. The molecule has 0 aromatic heterocycles. The number of aliphatic hydroxyl groups excluding tert-OH is 1. The molecule has 0 bridgehead atoms. The Morgan fingerprint density at radius 3 is 2.31 bits per heavy atom. The third-order valence-corrected chi connectivity index (χ3v) is 8.19. The molecule has 2 aliphatic rings. The van der Waals surface area contributed by atoms with E-state index in [0.29, 0.717) is 68.4 Å². The number of nitrogens with zero attached hydrogens (tertiary/aromatic N) is 2.